The molecule has 0 saturated carbocycles. The van der Waals surface area contributed by atoms with Gasteiger partial charge in [-0.2, -0.15) is 0 Å². The van der Waals surface area contributed by atoms with Crippen molar-refractivity contribution in [2.75, 3.05) is 0 Å². The van der Waals surface area contributed by atoms with E-state index >= 15 is 8.22 Å². The van der Waals surface area contributed by atoms with Crippen LogP contribution in [0, 0.1) is 0 Å². The topological polar surface area (TPSA) is 0 Å². The fourth-order valence-electron chi connectivity index (χ4n) is 16.9. The molecule has 0 heterocycles. The lowest BCUT2D eigenvalue weighted by Gasteiger charge is -2.66. The van der Waals surface area contributed by atoms with Gasteiger partial charge in [-0.3, -0.25) is 8.22 Å². The second-order valence-electron chi connectivity index (χ2n) is 21.1. The minimum absolute atomic E-state index is 0.0496. The molecule has 0 spiro atoms. The zero-order valence-electron chi connectivity index (χ0n) is 39.8. The Morgan fingerprint density at radius 3 is 0.577 bits per heavy atom. The van der Waals surface area contributed by atoms with Crippen LogP contribution in [0.4, 0.5) is 8.22 Å². The monoisotopic (exact) mass is 1020 g/mol. The molecule has 1 unspecified atom stereocenters. The Balaban J connectivity index is 1.16. The Labute approximate surface area is 424 Å². The molecule has 9 aliphatic carbocycles. The highest BCUT2D eigenvalue weighted by Crippen LogP contribution is 2.68. The lowest BCUT2D eigenvalue weighted by atomic mass is 9.60. The third-order valence-corrected chi connectivity index (χ3v) is 96.7. The molecule has 6 bridgehead atoms. The van der Waals surface area contributed by atoms with Crippen LogP contribution in [-0.4, -0.2) is 39.0 Å². The van der Waals surface area contributed by atoms with Crippen molar-refractivity contribution in [3.05, 3.63) is 319 Å². The van der Waals surface area contributed by atoms with Gasteiger partial charge in [0, 0.05) is 32.9 Å². The van der Waals surface area contributed by atoms with Crippen molar-refractivity contribution in [3.63, 3.8) is 0 Å². The number of halogens is 2. The van der Waals surface area contributed by atoms with Gasteiger partial charge in [-0.25, -0.2) is 0 Å². The Hall–Kier alpha value is -5.65. The first-order chi connectivity index (χ1) is 34.7. The van der Waals surface area contributed by atoms with E-state index in [2.05, 4.69) is 247 Å². The van der Waals surface area contributed by atoms with Gasteiger partial charge in [0.1, 0.15) is 6.14 Å². The smallest absolute Gasteiger partial charge is 0.271 e. The van der Waals surface area contributed by atoms with Crippen LogP contribution >= 0.6 is 8.79 Å². The van der Waals surface area contributed by atoms with E-state index in [-0.39, 0.29) is 17.8 Å². The van der Waals surface area contributed by atoms with E-state index in [0.717, 1.165) is 0 Å². The van der Waals surface area contributed by atoms with Gasteiger partial charge < -0.3 is 0 Å². The summed E-state index contributed by atoms with van der Waals surface area (Å²) in [6, 6.07) is 82.2. The molecule has 0 aromatic heterocycles. The Bertz CT molecular complexity index is 3030. The molecule has 9 aromatic carbocycles. The lowest BCUT2D eigenvalue weighted by molar-refractivity contribution is 0.671. The van der Waals surface area contributed by atoms with Crippen LogP contribution in [0.3, 0.4) is 0 Å². The van der Waals surface area contributed by atoms with E-state index in [4.69, 9.17) is 0 Å². The molecule has 71 heavy (non-hydrogen) atoms. The van der Waals surface area contributed by atoms with Gasteiger partial charge in [-0.15, -0.1) is 0 Å². The molecule has 341 valence electrons. The average Bonchev–Trinajstić information content (AvgIpc) is 3.42. The fraction of sp³-hybridized carbons (Fsp3) is 0.143. The molecule has 0 aliphatic heterocycles. The van der Waals surface area contributed by atoms with E-state index in [1.54, 1.807) is 0 Å². The molecule has 0 amide bonds. The van der Waals surface area contributed by atoms with Gasteiger partial charge >= 0.3 is 7.93 Å². The summed E-state index contributed by atoms with van der Waals surface area (Å²) < 4.78 is 41.3. The second-order valence-corrected chi connectivity index (χ2v) is 60.5. The molecular weight excluding hydrogens is 966 g/mol. The maximum absolute atomic E-state index is 20.6. The van der Waals surface area contributed by atoms with Gasteiger partial charge in [0.2, 0.25) is 0 Å². The summed E-state index contributed by atoms with van der Waals surface area (Å²) in [7, 11) is -9.68. The second kappa shape index (κ2) is 14.7. The molecular formula is C63H50F2PSi5. The third kappa shape index (κ3) is 4.80. The number of hydrogen-bond acceptors (Lipinski definition) is 0. The van der Waals surface area contributed by atoms with Crippen LogP contribution in [0.2, 0.25) is 19.6 Å². The summed E-state index contributed by atoms with van der Waals surface area (Å²) in [6.07, 6.45) is -4.22. The van der Waals surface area contributed by atoms with Gasteiger partial charge in [-0.1, -0.05) is 247 Å². The average molecular weight is 1020 g/mol. The van der Waals surface area contributed by atoms with Gasteiger partial charge in [0.05, 0.1) is 24.9 Å². The highest BCUT2D eigenvalue weighted by atomic mass is 31.3. The van der Waals surface area contributed by atoms with Crippen molar-refractivity contribution >= 4 is 47.8 Å². The third-order valence-electron chi connectivity index (χ3n) is 19.0. The van der Waals surface area contributed by atoms with Crippen molar-refractivity contribution in [2.24, 2.45) is 0 Å². The first-order valence-electron chi connectivity index (χ1n) is 25.2. The highest BCUT2D eigenvalue weighted by Gasteiger charge is 2.79. The first-order valence-corrected chi connectivity index (χ1v) is 40.8. The van der Waals surface area contributed by atoms with Crippen molar-refractivity contribution in [3.8, 4) is 0 Å². The Morgan fingerprint density at radius 1 is 0.296 bits per heavy atom. The van der Waals surface area contributed by atoms with E-state index in [0.29, 0.717) is 0 Å². The minimum atomic E-state index is -5.42. The summed E-state index contributed by atoms with van der Waals surface area (Å²) in [6.45, 7) is 7.55. The quantitative estimate of drug-likeness (QED) is 0.0848. The number of hydrogen-bond donors (Lipinski definition) is 0. The van der Waals surface area contributed by atoms with Crippen molar-refractivity contribution in [2.45, 2.75) is 52.5 Å². The van der Waals surface area contributed by atoms with Crippen LogP contribution in [0.25, 0.3) is 0 Å². The first kappa shape index (κ1) is 43.0. The van der Waals surface area contributed by atoms with Crippen LogP contribution in [0.15, 0.2) is 218 Å². The van der Waals surface area contributed by atoms with Crippen LogP contribution in [0.5, 0.6) is 0 Å². The molecule has 0 fully saturated rings. The van der Waals surface area contributed by atoms with E-state index in [1.807, 2.05) is 0 Å². The van der Waals surface area contributed by atoms with E-state index in [1.165, 1.54) is 100 Å². The van der Waals surface area contributed by atoms with Gasteiger partial charge in [0.25, 0.3) is 0 Å². The summed E-state index contributed by atoms with van der Waals surface area (Å²) >= 11 is 0. The maximum Gasteiger partial charge on any atom is 0.411 e. The fourth-order valence-corrected chi connectivity index (χ4v) is 107. The molecule has 0 saturated heterocycles. The Morgan fingerprint density at radius 2 is 0.437 bits per heavy atom. The molecule has 9 aromatic rings. The van der Waals surface area contributed by atoms with Crippen molar-refractivity contribution in [1.82, 2.24) is 0 Å². The molecule has 9 aliphatic rings. The summed E-state index contributed by atoms with van der Waals surface area (Å²) in [4.78, 5) is 0. The number of benzene rings is 9. The van der Waals surface area contributed by atoms with Gasteiger partial charge in [-0.05, 0) is 100 Å². The largest absolute Gasteiger partial charge is 0.411 e. The highest BCUT2D eigenvalue weighted by molar-refractivity contribution is 8.11. The summed E-state index contributed by atoms with van der Waals surface area (Å²) in [5.74, 6) is 0.149. The van der Waals surface area contributed by atoms with Gasteiger partial charge in [0.15, 0.2) is 0 Å². The maximum atomic E-state index is 20.6. The molecule has 1 atom stereocenters. The summed E-state index contributed by atoms with van der Waals surface area (Å²) in [5.41, 5.74) is 23.2. The van der Waals surface area contributed by atoms with Crippen molar-refractivity contribution < 1.29 is 8.22 Å². The lowest BCUT2D eigenvalue weighted by Crippen LogP contribution is -2.90. The summed E-state index contributed by atoms with van der Waals surface area (Å²) in [5, 5.41) is -2.24. The van der Waals surface area contributed by atoms with Crippen LogP contribution in [-0.2, 0) is 15.1 Å². The molecule has 8 heteroatoms. The normalized spacial score (nSPS) is 24.7. The molecule has 3 radical (unpaired) electrons. The van der Waals surface area contributed by atoms with E-state index in [9.17, 15) is 0 Å². The van der Waals surface area contributed by atoms with Crippen LogP contribution < -0.4 is 0 Å². The minimum Gasteiger partial charge on any atom is -0.271 e. The van der Waals surface area contributed by atoms with Crippen LogP contribution in [0.1, 0.15) is 118 Å². The standard InChI is InChI=1S/C63H50F2PSi5/c1-67(61-49-31-13-4-22-40(49)58(41-23-5-14-32-50(41)61)42-24-6-15-33-51(42)61)71(70(64,65)66,68(2)62-52-34-16-7-25-43(52)59(44-26-8-17-35-53(44)62)45-27-9-18-36-54(45)62)69(3)63-55-37-19-10-28-46(55)60(47-29-11-20-38-56(47)63)48-30-12-21-39-57(48)63/h4-39,58-60H,66H2,1-3H3. The van der Waals surface area contributed by atoms with E-state index < -0.39 is 54.1 Å². The SMILES string of the molecule is C[Si](C12c3ccccc3C(c3ccccc31)c1ccccc12)[Si]([Si](C)C12c3ccccc3C(c3ccccc31)c1ccccc12)([Si](C)C12c3ccccc3C(c3ccccc31)c1ccccc12)[Si](F)(F)P. The predicted octanol–water partition coefficient (Wildman–Crippen LogP) is 14.0. The predicted molar refractivity (Wildman–Crippen MR) is 299 cm³/mol. The molecule has 0 nitrogen and oxygen atoms in total. The zero-order chi connectivity index (χ0) is 47.8. The Kier molecular flexibility index (Phi) is 8.93. The zero-order valence-corrected chi connectivity index (χ0v) is 46.0. The molecule has 0 N–H and O–H groups in total. The number of rotatable bonds is 7. The molecule has 18 rings (SSSR count). The van der Waals surface area contributed by atoms with Crippen molar-refractivity contribution in [1.29, 1.82) is 0 Å².